The first-order valence-corrected chi connectivity index (χ1v) is 20.7. The lowest BCUT2D eigenvalue weighted by atomic mass is 9.83. The van der Waals surface area contributed by atoms with Crippen molar-refractivity contribution in [2.75, 3.05) is 0 Å². The summed E-state index contributed by atoms with van der Waals surface area (Å²) in [6, 6.07) is 76.8. The van der Waals surface area contributed by atoms with Crippen LogP contribution < -0.4 is 0 Å². The van der Waals surface area contributed by atoms with E-state index in [0.29, 0.717) is 0 Å². The highest BCUT2D eigenvalue weighted by Gasteiger charge is 2.22. The van der Waals surface area contributed by atoms with E-state index in [1.807, 2.05) is 0 Å². The summed E-state index contributed by atoms with van der Waals surface area (Å²) in [5.74, 6) is 0. The number of benzene rings is 11. The fraction of sp³-hybridized carbons (Fsp3) is 0.0345. The van der Waals surface area contributed by atoms with E-state index in [1.54, 1.807) is 0 Å². The minimum absolute atomic E-state index is 1.03. The Kier molecular flexibility index (Phi) is 7.58. The summed E-state index contributed by atoms with van der Waals surface area (Å²) in [5, 5.41) is 15.2. The summed E-state index contributed by atoms with van der Waals surface area (Å²) in [4.78, 5) is 0. The van der Waals surface area contributed by atoms with E-state index in [1.165, 1.54) is 120 Å². The number of aromatic nitrogens is 1. The van der Waals surface area contributed by atoms with Crippen molar-refractivity contribution in [3.8, 4) is 39.1 Å². The standard InChI is InChI=1S/C58H39N/c1-2-37-24-26-38(27-25-37)42-28-31-50-51(36-42)55(41-16-4-3-5-17-41)47-22-12-13-23-48(47)56(50)49-32-35-52(46-21-11-10-20-45(46)49)59-53-33-29-39-14-6-8-18-43(39)57(53)58-44-19-9-7-15-40(44)30-34-54(58)59/h3-36H,2H2,1H3. The Morgan fingerprint density at radius 1 is 0.339 bits per heavy atom. The predicted octanol–water partition coefficient (Wildman–Crippen LogP) is 16.1. The van der Waals surface area contributed by atoms with Gasteiger partial charge in [0.2, 0.25) is 0 Å². The van der Waals surface area contributed by atoms with E-state index < -0.39 is 0 Å². The van der Waals surface area contributed by atoms with Crippen molar-refractivity contribution in [1.82, 2.24) is 4.57 Å². The first-order valence-electron chi connectivity index (χ1n) is 20.7. The zero-order valence-electron chi connectivity index (χ0n) is 32.8. The molecule has 0 atom stereocenters. The zero-order chi connectivity index (χ0) is 39.0. The highest BCUT2D eigenvalue weighted by molar-refractivity contribution is 6.29. The highest BCUT2D eigenvalue weighted by Crippen LogP contribution is 2.48. The van der Waals surface area contributed by atoms with Gasteiger partial charge in [-0.15, -0.1) is 0 Å². The SMILES string of the molecule is CCc1ccc(-c2ccc3c(-c4ccc(-n5c6ccc7ccccc7c6c6c7ccccc7ccc65)c5ccccc45)c4ccccc4c(-c4ccccc4)c3c2)cc1. The number of hydrogen-bond acceptors (Lipinski definition) is 0. The van der Waals surface area contributed by atoms with Crippen molar-refractivity contribution in [2.45, 2.75) is 13.3 Å². The molecular weight excluding hydrogens is 711 g/mol. The molecule has 0 unspecified atom stereocenters. The molecule has 0 fully saturated rings. The maximum absolute atomic E-state index is 2.51. The Balaban J connectivity index is 1.17. The number of fused-ring (bicyclic) bond motifs is 10. The van der Waals surface area contributed by atoms with Crippen LogP contribution >= 0.6 is 0 Å². The van der Waals surface area contributed by atoms with Gasteiger partial charge in [0.05, 0.1) is 16.7 Å². The Hall–Kier alpha value is -7.48. The molecule has 12 aromatic rings. The quantitative estimate of drug-likeness (QED) is 0.154. The number of rotatable bonds is 5. The van der Waals surface area contributed by atoms with E-state index in [2.05, 4.69) is 218 Å². The monoisotopic (exact) mass is 749 g/mol. The maximum atomic E-state index is 2.51. The van der Waals surface area contributed by atoms with Gasteiger partial charge in [0.15, 0.2) is 0 Å². The van der Waals surface area contributed by atoms with E-state index in [-0.39, 0.29) is 0 Å². The first kappa shape index (κ1) is 33.6. The predicted molar refractivity (Wildman–Crippen MR) is 254 cm³/mol. The third-order valence-corrected chi connectivity index (χ3v) is 12.7. The van der Waals surface area contributed by atoms with Gasteiger partial charge in [-0.1, -0.05) is 189 Å². The van der Waals surface area contributed by atoms with Gasteiger partial charge in [-0.25, -0.2) is 0 Å². The lowest BCUT2D eigenvalue weighted by Crippen LogP contribution is -1.97. The van der Waals surface area contributed by atoms with Gasteiger partial charge in [0.1, 0.15) is 0 Å². The van der Waals surface area contributed by atoms with E-state index in [4.69, 9.17) is 0 Å². The van der Waals surface area contributed by atoms with Crippen LogP contribution in [0.4, 0.5) is 0 Å². The molecule has 1 heteroatoms. The average Bonchev–Trinajstić information content (AvgIpc) is 3.66. The van der Waals surface area contributed by atoms with Crippen LogP contribution in [-0.4, -0.2) is 4.57 Å². The van der Waals surface area contributed by atoms with Crippen LogP contribution in [0.3, 0.4) is 0 Å². The fourth-order valence-corrected chi connectivity index (χ4v) is 10.0. The van der Waals surface area contributed by atoms with Crippen molar-refractivity contribution < 1.29 is 0 Å². The molecule has 1 heterocycles. The second-order valence-electron chi connectivity index (χ2n) is 15.8. The number of hydrogen-bond donors (Lipinski definition) is 0. The van der Waals surface area contributed by atoms with Gasteiger partial charge in [0.25, 0.3) is 0 Å². The highest BCUT2D eigenvalue weighted by atomic mass is 15.0. The summed E-state index contributed by atoms with van der Waals surface area (Å²) in [6.45, 7) is 2.21. The molecule has 0 aliphatic carbocycles. The lowest BCUT2D eigenvalue weighted by Gasteiger charge is -2.21. The molecule has 12 rings (SSSR count). The number of aryl methyl sites for hydroxylation is 1. The second kappa shape index (κ2) is 13.3. The summed E-state index contributed by atoms with van der Waals surface area (Å²) in [5.41, 5.74) is 12.4. The van der Waals surface area contributed by atoms with Crippen LogP contribution in [0.1, 0.15) is 12.5 Å². The Bertz CT molecular complexity index is 3530. The Morgan fingerprint density at radius 3 is 1.51 bits per heavy atom. The van der Waals surface area contributed by atoms with Crippen molar-refractivity contribution in [3.63, 3.8) is 0 Å². The van der Waals surface area contributed by atoms with Crippen LogP contribution in [0.25, 0.3) is 115 Å². The maximum Gasteiger partial charge on any atom is 0.0548 e. The average molecular weight is 750 g/mol. The van der Waals surface area contributed by atoms with Crippen molar-refractivity contribution in [1.29, 1.82) is 0 Å². The second-order valence-corrected chi connectivity index (χ2v) is 15.8. The Labute approximate surface area is 343 Å². The molecule has 0 N–H and O–H groups in total. The van der Waals surface area contributed by atoms with Crippen molar-refractivity contribution in [2.24, 2.45) is 0 Å². The molecule has 11 aromatic carbocycles. The minimum atomic E-state index is 1.03. The van der Waals surface area contributed by atoms with E-state index >= 15 is 0 Å². The molecule has 1 nitrogen and oxygen atoms in total. The first-order chi connectivity index (χ1) is 29.2. The molecule has 1 aromatic heterocycles. The van der Waals surface area contributed by atoms with E-state index in [9.17, 15) is 0 Å². The molecule has 0 bridgehead atoms. The van der Waals surface area contributed by atoms with E-state index in [0.717, 1.165) is 6.42 Å². The topological polar surface area (TPSA) is 4.93 Å². The molecular formula is C58H39N. The Morgan fingerprint density at radius 2 is 0.864 bits per heavy atom. The lowest BCUT2D eigenvalue weighted by molar-refractivity contribution is 1.14. The van der Waals surface area contributed by atoms with Gasteiger partial charge in [-0.2, -0.15) is 0 Å². The molecule has 0 aliphatic rings. The third kappa shape index (κ3) is 5.11. The molecule has 0 saturated carbocycles. The van der Waals surface area contributed by atoms with Crippen LogP contribution in [0, 0.1) is 0 Å². The molecule has 0 amide bonds. The third-order valence-electron chi connectivity index (χ3n) is 12.7. The van der Waals surface area contributed by atoms with Crippen LogP contribution in [0.5, 0.6) is 0 Å². The van der Waals surface area contributed by atoms with Gasteiger partial charge in [-0.3, -0.25) is 0 Å². The van der Waals surface area contributed by atoms with Crippen LogP contribution in [-0.2, 0) is 6.42 Å². The van der Waals surface area contributed by atoms with Crippen molar-refractivity contribution in [3.05, 3.63) is 212 Å². The summed E-state index contributed by atoms with van der Waals surface area (Å²) < 4.78 is 2.51. The zero-order valence-corrected chi connectivity index (χ0v) is 32.8. The smallest absolute Gasteiger partial charge is 0.0548 e. The molecule has 276 valence electrons. The summed E-state index contributed by atoms with van der Waals surface area (Å²) >= 11 is 0. The fourth-order valence-electron chi connectivity index (χ4n) is 10.0. The van der Waals surface area contributed by atoms with Crippen LogP contribution in [0.15, 0.2) is 206 Å². The minimum Gasteiger partial charge on any atom is -0.309 e. The largest absolute Gasteiger partial charge is 0.309 e. The van der Waals surface area contributed by atoms with Gasteiger partial charge in [0, 0.05) is 16.2 Å². The molecule has 0 aliphatic heterocycles. The van der Waals surface area contributed by atoms with Crippen molar-refractivity contribution >= 4 is 75.7 Å². The normalized spacial score (nSPS) is 11.9. The molecule has 0 spiro atoms. The van der Waals surface area contributed by atoms with Gasteiger partial charge >= 0.3 is 0 Å². The molecule has 0 radical (unpaired) electrons. The number of nitrogens with zero attached hydrogens (tertiary/aromatic N) is 1. The molecule has 59 heavy (non-hydrogen) atoms. The summed E-state index contributed by atoms with van der Waals surface area (Å²) in [7, 11) is 0. The van der Waals surface area contributed by atoms with Crippen LogP contribution in [0.2, 0.25) is 0 Å². The molecule has 0 saturated heterocycles. The van der Waals surface area contributed by atoms with Gasteiger partial charge in [-0.05, 0) is 118 Å². The summed E-state index contributed by atoms with van der Waals surface area (Å²) in [6.07, 6.45) is 1.03. The van der Waals surface area contributed by atoms with Gasteiger partial charge < -0.3 is 4.57 Å².